The van der Waals surface area contributed by atoms with Crippen LogP contribution >= 0.6 is 0 Å². The van der Waals surface area contributed by atoms with Gasteiger partial charge in [0.15, 0.2) is 0 Å². The lowest BCUT2D eigenvalue weighted by atomic mass is 9.78. The van der Waals surface area contributed by atoms with Crippen molar-refractivity contribution in [3.05, 3.63) is 84.2 Å². The molecule has 0 aliphatic carbocycles. The molecule has 3 rings (SSSR count). The van der Waals surface area contributed by atoms with E-state index in [-0.39, 0.29) is 5.66 Å². The van der Waals surface area contributed by atoms with Crippen LogP contribution in [0.3, 0.4) is 0 Å². The zero-order valence-corrected chi connectivity index (χ0v) is 15.7. The molecule has 1 aliphatic heterocycles. The molecule has 0 aromatic heterocycles. The summed E-state index contributed by atoms with van der Waals surface area (Å²) in [6.07, 6.45) is 7.83. The maximum atomic E-state index is 2.57. The number of hydrogen-bond donors (Lipinski definition) is 0. The average Bonchev–Trinajstić information content (AvgIpc) is 2.95. The first kappa shape index (κ1) is 17.6. The van der Waals surface area contributed by atoms with Crippen molar-refractivity contribution in [2.75, 3.05) is 13.6 Å². The number of likely N-dealkylation sites (N-methyl/N-ethyl adjacent to an activating group) is 1. The standard InChI is InChI=1S/C23H30N2/c1-4-16-25-18-17-24(3)23(25,19-20-12-8-6-9-13-20)22(5-2)21-14-10-7-11-15-21/h6-15,17-18,22H,4-5,16,19H2,1-3H3. The molecule has 1 aliphatic rings. The predicted octanol–water partition coefficient (Wildman–Crippen LogP) is 5.25. The smallest absolute Gasteiger partial charge is 0.123 e. The molecule has 2 unspecified atom stereocenters. The number of hydrogen-bond acceptors (Lipinski definition) is 2. The highest BCUT2D eigenvalue weighted by Crippen LogP contribution is 2.44. The zero-order valence-electron chi connectivity index (χ0n) is 15.7. The van der Waals surface area contributed by atoms with Gasteiger partial charge in [0.05, 0.1) is 0 Å². The molecule has 2 atom stereocenters. The van der Waals surface area contributed by atoms with E-state index in [0.29, 0.717) is 5.92 Å². The van der Waals surface area contributed by atoms with Gasteiger partial charge in [-0.05, 0) is 24.0 Å². The van der Waals surface area contributed by atoms with Gasteiger partial charge in [0.2, 0.25) is 0 Å². The van der Waals surface area contributed by atoms with Crippen LogP contribution in [0.4, 0.5) is 0 Å². The topological polar surface area (TPSA) is 6.48 Å². The first-order chi connectivity index (χ1) is 12.2. The van der Waals surface area contributed by atoms with Crippen molar-refractivity contribution in [1.82, 2.24) is 9.80 Å². The van der Waals surface area contributed by atoms with Crippen LogP contribution in [0.5, 0.6) is 0 Å². The molecule has 0 N–H and O–H groups in total. The van der Waals surface area contributed by atoms with Crippen LogP contribution in [0.1, 0.15) is 43.7 Å². The van der Waals surface area contributed by atoms with Crippen LogP contribution < -0.4 is 0 Å². The first-order valence-electron chi connectivity index (χ1n) is 9.49. The van der Waals surface area contributed by atoms with E-state index in [0.717, 1.165) is 25.8 Å². The molecule has 0 bridgehead atoms. The molecule has 0 radical (unpaired) electrons. The lowest BCUT2D eigenvalue weighted by molar-refractivity contribution is 0.0131. The number of nitrogens with zero attached hydrogens (tertiary/aromatic N) is 2. The predicted molar refractivity (Wildman–Crippen MR) is 106 cm³/mol. The first-order valence-corrected chi connectivity index (χ1v) is 9.49. The van der Waals surface area contributed by atoms with Crippen molar-refractivity contribution in [2.45, 2.75) is 44.7 Å². The second kappa shape index (κ2) is 7.77. The minimum absolute atomic E-state index is 0.0481. The molecule has 0 saturated heterocycles. The molecule has 0 amide bonds. The van der Waals surface area contributed by atoms with Gasteiger partial charge in [0, 0.05) is 38.3 Å². The Hall–Kier alpha value is -2.22. The van der Waals surface area contributed by atoms with E-state index in [1.165, 1.54) is 11.1 Å². The Morgan fingerprint density at radius 3 is 2.12 bits per heavy atom. The van der Waals surface area contributed by atoms with Crippen molar-refractivity contribution in [3.63, 3.8) is 0 Å². The molecular formula is C23H30N2. The van der Waals surface area contributed by atoms with Crippen molar-refractivity contribution in [3.8, 4) is 0 Å². The summed E-state index contributed by atoms with van der Waals surface area (Å²) in [5.74, 6) is 0.445. The van der Waals surface area contributed by atoms with Crippen molar-refractivity contribution >= 4 is 0 Å². The average molecular weight is 335 g/mol. The zero-order chi connectivity index (χ0) is 17.7. The van der Waals surface area contributed by atoms with Gasteiger partial charge in [-0.25, -0.2) is 0 Å². The minimum Gasteiger partial charge on any atom is -0.356 e. The number of benzene rings is 2. The van der Waals surface area contributed by atoms with Crippen molar-refractivity contribution in [1.29, 1.82) is 0 Å². The number of rotatable bonds is 7. The van der Waals surface area contributed by atoms with Crippen LogP contribution in [0.25, 0.3) is 0 Å². The van der Waals surface area contributed by atoms with E-state index in [1.54, 1.807) is 0 Å². The summed E-state index contributed by atoms with van der Waals surface area (Å²) in [7, 11) is 2.24. The molecular weight excluding hydrogens is 304 g/mol. The maximum absolute atomic E-state index is 2.57. The molecule has 25 heavy (non-hydrogen) atoms. The van der Waals surface area contributed by atoms with Crippen LogP contribution in [-0.2, 0) is 6.42 Å². The Morgan fingerprint density at radius 1 is 0.880 bits per heavy atom. The van der Waals surface area contributed by atoms with Crippen molar-refractivity contribution in [2.24, 2.45) is 0 Å². The Bertz CT molecular complexity index is 680. The molecule has 0 saturated carbocycles. The van der Waals surface area contributed by atoms with E-state index in [9.17, 15) is 0 Å². The fourth-order valence-electron chi connectivity index (χ4n) is 4.36. The minimum atomic E-state index is -0.0481. The van der Waals surface area contributed by atoms with E-state index < -0.39 is 0 Å². The highest BCUT2D eigenvalue weighted by molar-refractivity contribution is 5.30. The van der Waals surface area contributed by atoms with Gasteiger partial charge in [-0.3, -0.25) is 0 Å². The fourth-order valence-corrected chi connectivity index (χ4v) is 4.36. The maximum Gasteiger partial charge on any atom is 0.123 e. The monoisotopic (exact) mass is 334 g/mol. The van der Waals surface area contributed by atoms with E-state index in [1.807, 2.05) is 0 Å². The lowest BCUT2D eigenvalue weighted by Gasteiger charge is -2.50. The SMILES string of the molecule is CCCN1C=CN(C)C1(Cc1ccccc1)C(CC)c1ccccc1. The molecule has 132 valence electrons. The van der Waals surface area contributed by atoms with Gasteiger partial charge >= 0.3 is 0 Å². The Labute approximate surface area is 152 Å². The Kier molecular flexibility index (Phi) is 5.47. The lowest BCUT2D eigenvalue weighted by Crippen LogP contribution is -2.58. The van der Waals surface area contributed by atoms with Crippen LogP contribution in [-0.4, -0.2) is 29.1 Å². The quantitative estimate of drug-likeness (QED) is 0.682. The molecule has 1 heterocycles. The second-order valence-electron chi connectivity index (χ2n) is 7.01. The van der Waals surface area contributed by atoms with Crippen LogP contribution in [0.15, 0.2) is 73.1 Å². The highest BCUT2D eigenvalue weighted by atomic mass is 15.4. The van der Waals surface area contributed by atoms with Gasteiger partial charge in [0.25, 0.3) is 0 Å². The summed E-state index contributed by atoms with van der Waals surface area (Å²) in [6.45, 7) is 5.67. The molecule has 2 heteroatoms. The third kappa shape index (κ3) is 3.30. The summed E-state index contributed by atoms with van der Waals surface area (Å²) < 4.78 is 0. The second-order valence-corrected chi connectivity index (χ2v) is 7.01. The summed E-state index contributed by atoms with van der Waals surface area (Å²) in [4.78, 5) is 5.01. The van der Waals surface area contributed by atoms with Crippen LogP contribution in [0.2, 0.25) is 0 Å². The van der Waals surface area contributed by atoms with Crippen LogP contribution in [0, 0.1) is 0 Å². The molecule has 0 spiro atoms. The van der Waals surface area contributed by atoms with E-state index in [4.69, 9.17) is 0 Å². The van der Waals surface area contributed by atoms with Gasteiger partial charge in [-0.15, -0.1) is 0 Å². The van der Waals surface area contributed by atoms with Gasteiger partial charge < -0.3 is 9.80 Å². The largest absolute Gasteiger partial charge is 0.356 e. The Morgan fingerprint density at radius 2 is 1.52 bits per heavy atom. The third-order valence-corrected chi connectivity index (χ3v) is 5.52. The summed E-state index contributed by atoms with van der Waals surface area (Å²) in [5, 5.41) is 0. The summed E-state index contributed by atoms with van der Waals surface area (Å²) >= 11 is 0. The van der Waals surface area contributed by atoms with Crippen molar-refractivity contribution < 1.29 is 0 Å². The summed E-state index contributed by atoms with van der Waals surface area (Å²) in [5.41, 5.74) is 2.78. The molecule has 0 fully saturated rings. The summed E-state index contributed by atoms with van der Waals surface area (Å²) in [6, 6.07) is 21.9. The fraction of sp³-hybridized carbons (Fsp3) is 0.391. The van der Waals surface area contributed by atoms with E-state index >= 15 is 0 Å². The van der Waals surface area contributed by atoms with Gasteiger partial charge in [0.1, 0.15) is 5.66 Å². The normalized spacial score (nSPS) is 20.9. The van der Waals surface area contributed by atoms with E-state index in [2.05, 4.69) is 104 Å². The molecule has 2 aromatic carbocycles. The molecule has 2 nitrogen and oxygen atoms in total. The third-order valence-electron chi connectivity index (χ3n) is 5.52. The highest BCUT2D eigenvalue weighted by Gasteiger charge is 2.47. The Balaban J connectivity index is 2.07. The van der Waals surface area contributed by atoms with Gasteiger partial charge in [-0.1, -0.05) is 74.5 Å². The van der Waals surface area contributed by atoms with Gasteiger partial charge in [-0.2, -0.15) is 0 Å². The molecule has 2 aromatic rings.